The number of rotatable bonds is 6. The second-order valence-corrected chi connectivity index (χ2v) is 5.43. The van der Waals surface area contributed by atoms with Crippen LogP contribution in [0.15, 0.2) is 0 Å². The molecule has 0 heterocycles. The van der Waals surface area contributed by atoms with Crippen LogP contribution in [0, 0.1) is 0 Å². The monoisotopic (exact) mass is 230 g/mol. The van der Waals surface area contributed by atoms with E-state index < -0.39 is 0 Å². The molecule has 1 amide bonds. The van der Waals surface area contributed by atoms with Gasteiger partial charge in [-0.2, -0.15) is 11.8 Å². The number of hydrogen-bond donors (Lipinski definition) is 2. The van der Waals surface area contributed by atoms with Crippen molar-refractivity contribution in [2.75, 3.05) is 12.0 Å². The molecule has 0 aromatic rings. The highest BCUT2D eigenvalue weighted by Gasteiger charge is 2.34. The van der Waals surface area contributed by atoms with Gasteiger partial charge in [-0.15, -0.1) is 0 Å². The molecular weight excluding hydrogens is 208 g/mol. The van der Waals surface area contributed by atoms with Crippen molar-refractivity contribution < 1.29 is 4.79 Å². The molecule has 4 heteroatoms. The van der Waals surface area contributed by atoms with E-state index in [1.54, 1.807) is 11.8 Å². The van der Waals surface area contributed by atoms with Crippen LogP contribution in [-0.4, -0.2) is 29.5 Å². The van der Waals surface area contributed by atoms with Crippen LogP contribution < -0.4 is 11.1 Å². The summed E-state index contributed by atoms with van der Waals surface area (Å²) in [5, 5.41) is 3.05. The van der Waals surface area contributed by atoms with Gasteiger partial charge in [-0.1, -0.05) is 6.92 Å². The Kier molecular flexibility index (Phi) is 4.93. The minimum atomic E-state index is -0.193. The first-order valence-electron chi connectivity index (χ1n) is 5.67. The number of nitrogens with one attached hydrogen (secondary N) is 1. The molecule has 0 radical (unpaired) electrons. The van der Waals surface area contributed by atoms with Crippen molar-refractivity contribution in [2.24, 2.45) is 5.73 Å². The van der Waals surface area contributed by atoms with Crippen LogP contribution in [0.3, 0.4) is 0 Å². The third kappa shape index (κ3) is 4.03. The molecule has 88 valence electrons. The molecule has 0 bridgehead atoms. The van der Waals surface area contributed by atoms with Gasteiger partial charge in [0.15, 0.2) is 0 Å². The highest BCUT2D eigenvalue weighted by atomic mass is 32.2. The molecule has 3 N–H and O–H groups in total. The van der Waals surface area contributed by atoms with Crippen molar-refractivity contribution in [1.29, 1.82) is 0 Å². The van der Waals surface area contributed by atoms with Gasteiger partial charge in [0, 0.05) is 23.8 Å². The van der Waals surface area contributed by atoms with Crippen molar-refractivity contribution >= 4 is 17.7 Å². The first-order valence-corrected chi connectivity index (χ1v) is 7.06. The minimum Gasteiger partial charge on any atom is -0.352 e. The Morgan fingerprint density at radius 2 is 2.27 bits per heavy atom. The molecule has 0 aromatic carbocycles. The van der Waals surface area contributed by atoms with E-state index >= 15 is 0 Å². The second kappa shape index (κ2) is 5.75. The van der Waals surface area contributed by atoms with Crippen LogP contribution in [0.2, 0.25) is 0 Å². The fourth-order valence-corrected chi connectivity index (χ4v) is 2.59. The van der Waals surface area contributed by atoms with Gasteiger partial charge in [0.25, 0.3) is 0 Å². The Morgan fingerprint density at radius 1 is 1.60 bits per heavy atom. The first kappa shape index (κ1) is 12.8. The van der Waals surface area contributed by atoms with Crippen molar-refractivity contribution in [3.8, 4) is 0 Å². The van der Waals surface area contributed by atoms with E-state index in [9.17, 15) is 4.79 Å². The van der Waals surface area contributed by atoms with Gasteiger partial charge in [0.05, 0.1) is 0 Å². The van der Waals surface area contributed by atoms with Crippen molar-refractivity contribution in [3.63, 3.8) is 0 Å². The highest BCUT2D eigenvalue weighted by molar-refractivity contribution is 7.98. The SMILES string of the molecule is CCC(CSC)NC(=O)CC1(N)CCC1. The Morgan fingerprint density at radius 3 is 2.67 bits per heavy atom. The highest BCUT2D eigenvalue weighted by Crippen LogP contribution is 2.31. The van der Waals surface area contributed by atoms with Gasteiger partial charge in [-0.05, 0) is 31.9 Å². The van der Waals surface area contributed by atoms with Crippen LogP contribution in [0.5, 0.6) is 0 Å². The quantitative estimate of drug-likeness (QED) is 0.727. The molecule has 1 rings (SSSR count). The third-order valence-electron chi connectivity index (χ3n) is 3.09. The molecule has 3 nitrogen and oxygen atoms in total. The van der Waals surface area contributed by atoms with Gasteiger partial charge in [0.1, 0.15) is 0 Å². The summed E-state index contributed by atoms with van der Waals surface area (Å²) < 4.78 is 0. The van der Waals surface area contributed by atoms with E-state index in [1.807, 2.05) is 0 Å². The molecule has 1 unspecified atom stereocenters. The Balaban J connectivity index is 2.27. The van der Waals surface area contributed by atoms with E-state index in [0.717, 1.165) is 25.0 Å². The zero-order valence-corrected chi connectivity index (χ0v) is 10.5. The Bertz CT molecular complexity index is 217. The molecule has 1 atom stereocenters. The van der Waals surface area contributed by atoms with Crippen LogP contribution in [-0.2, 0) is 4.79 Å². The normalized spacial score (nSPS) is 20.5. The van der Waals surface area contributed by atoms with E-state index in [-0.39, 0.29) is 11.4 Å². The fourth-order valence-electron chi connectivity index (χ4n) is 1.87. The lowest BCUT2D eigenvalue weighted by molar-refractivity contribution is -0.123. The summed E-state index contributed by atoms with van der Waals surface area (Å²) in [6.07, 6.45) is 6.72. The van der Waals surface area contributed by atoms with Crippen molar-refractivity contribution in [1.82, 2.24) is 5.32 Å². The second-order valence-electron chi connectivity index (χ2n) is 4.52. The minimum absolute atomic E-state index is 0.123. The summed E-state index contributed by atoms with van der Waals surface area (Å²) >= 11 is 1.77. The molecule has 1 aliphatic carbocycles. The number of thioether (sulfide) groups is 1. The molecule has 1 saturated carbocycles. The molecule has 1 aliphatic rings. The molecule has 0 aromatic heterocycles. The number of hydrogen-bond acceptors (Lipinski definition) is 3. The number of nitrogens with two attached hydrogens (primary N) is 1. The average molecular weight is 230 g/mol. The smallest absolute Gasteiger partial charge is 0.222 e. The third-order valence-corrected chi connectivity index (χ3v) is 3.82. The molecule has 0 aliphatic heterocycles. The van der Waals surface area contributed by atoms with E-state index in [4.69, 9.17) is 5.73 Å². The molecule has 0 saturated heterocycles. The molecular formula is C11H22N2OS. The number of amides is 1. The van der Waals surface area contributed by atoms with Gasteiger partial charge >= 0.3 is 0 Å². The van der Waals surface area contributed by atoms with Crippen LogP contribution in [0.25, 0.3) is 0 Å². The predicted octanol–water partition coefficient (Wildman–Crippen LogP) is 1.52. The van der Waals surface area contributed by atoms with E-state index in [2.05, 4.69) is 18.5 Å². The number of carbonyl (C=O) groups excluding carboxylic acids is 1. The maximum Gasteiger partial charge on any atom is 0.222 e. The first-order chi connectivity index (χ1) is 7.09. The Labute approximate surface area is 96.6 Å². The van der Waals surface area contributed by atoms with Crippen molar-refractivity contribution in [3.05, 3.63) is 0 Å². The zero-order valence-electron chi connectivity index (χ0n) is 9.71. The van der Waals surface area contributed by atoms with Crippen LogP contribution >= 0.6 is 11.8 Å². The summed E-state index contributed by atoms with van der Waals surface area (Å²) in [4.78, 5) is 11.7. The average Bonchev–Trinajstić information content (AvgIpc) is 2.14. The van der Waals surface area contributed by atoms with Gasteiger partial charge < -0.3 is 11.1 Å². The van der Waals surface area contributed by atoms with Gasteiger partial charge in [-0.3, -0.25) is 4.79 Å². The lowest BCUT2D eigenvalue weighted by Gasteiger charge is -2.37. The van der Waals surface area contributed by atoms with Crippen LogP contribution in [0.1, 0.15) is 39.0 Å². The molecule has 15 heavy (non-hydrogen) atoms. The fraction of sp³-hybridized carbons (Fsp3) is 0.909. The number of carbonyl (C=O) groups is 1. The van der Waals surface area contributed by atoms with Gasteiger partial charge in [0.2, 0.25) is 5.91 Å². The van der Waals surface area contributed by atoms with Crippen LogP contribution in [0.4, 0.5) is 0 Å². The lowest BCUT2D eigenvalue weighted by atomic mass is 9.75. The summed E-state index contributed by atoms with van der Waals surface area (Å²) in [7, 11) is 0. The van der Waals surface area contributed by atoms with Gasteiger partial charge in [-0.25, -0.2) is 0 Å². The standard InChI is InChI=1S/C11H22N2OS/c1-3-9(8-15-2)13-10(14)7-11(12)5-4-6-11/h9H,3-8,12H2,1-2H3,(H,13,14). The van der Waals surface area contributed by atoms with Crippen molar-refractivity contribution in [2.45, 2.75) is 50.6 Å². The lowest BCUT2D eigenvalue weighted by Crippen LogP contribution is -2.51. The Hall–Kier alpha value is -0.220. The summed E-state index contributed by atoms with van der Waals surface area (Å²) in [6.45, 7) is 2.10. The largest absolute Gasteiger partial charge is 0.352 e. The predicted molar refractivity (Wildman–Crippen MR) is 66.0 cm³/mol. The topological polar surface area (TPSA) is 55.1 Å². The maximum absolute atomic E-state index is 11.7. The maximum atomic E-state index is 11.7. The summed E-state index contributed by atoms with van der Waals surface area (Å²) in [5.74, 6) is 1.11. The zero-order chi connectivity index (χ0) is 11.3. The van der Waals surface area contributed by atoms with E-state index in [0.29, 0.717) is 12.5 Å². The van der Waals surface area contributed by atoms with E-state index in [1.165, 1.54) is 6.42 Å². The molecule has 1 fully saturated rings. The summed E-state index contributed by atoms with van der Waals surface area (Å²) in [5.41, 5.74) is 5.84. The molecule has 0 spiro atoms. The summed E-state index contributed by atoms with van der Waals surface area (Å²) in [6, 6.07) is 0.302.